The highest BCUT2D eigenvalue weighted by Crippen LogP contribution is 2.32. The fourth-order valence-corrected chi connectivity index (χ4v) is 3.50. The molecule has 0 spiro atoms. The number of hydrogen-bond donors (Lipinski definition) is 1. The standard InChI is InChI=1S/C19H26N2/c1-12(2)10-20-11-17-15-6-5-7-18(15)21-19-14(4)8-13(3)9-16(17)19/h8-9,12,20H,5-7,10-11H2,1-4H3. The number of hydrogen-bond acceptors (Lipinski definition) is 2. The van der Waals surface area contributed by atoms with Crippen LogP contribution in [0.25, 0.3) is 10.9 Å². The third-order valence-electron chi connectivity index (χ3n) is 4.42. The molecule has 21 heavy (non-hydrogen) atoms. The highest BCUT2D eigenvalue weighted by molar-refractivity contribution is 5.87. The lowest BCUT2D eigenvalue weighted by molar-refractivity contribution is 0.552. The van der Waals surface area contributed by atoms with Crippen LogP contribution < -0.4 is 5.32 Å². The van der Waals surface area contributed by atoms with E-state index in [0.29, 0.717) is 5.92 Å². The summed E-state index contributed by atoms with van der Waals surface area (Å²) in [5, 5.41) is 5.00. The normalized spacial score (nSPS) is 14.1. The van der Waals surface area contributed by atoms with Gasteiger partial charge in [-0.05, 0) is 68.3 Å². The van der Waals surface area contributed by atoms with Crippen molar-refractivity contribution in [3.05, 3.63) is 40.1 Å². The summed E-state index contributed by atoms with van der Waals surface area (Å²) in [7, 11) is 0. The predicted molar refractivity (Wildman–Crippen MR) is 89.8 cm³/mol. The number of benzene rings is 1. The van der Waals surface area contributed by atoms with E-state index in [1.807, 2.05) is 0 Å². The van der Waals surface area contributed by atoms with Crippen LogP contribution in [0.3, 0.4) is 0 Å². The van der Waals surface area contributed by atoms with Gasteiger partial charge in [0.1, 0.15) is 0 Å². The summed E-state index contributed by atoms with van der Waals surface area (Å²) in [5.74, 6) is 0.689. The Morgan fingerprint density at radius 1 is 1.19 bits per heavy atom. The van der Waals surface area contributed by atoms with Crippen LogP contribution in [-0.2, 0) is 19.4 Å². The maximum absolute atomic E-state index is 4.97. The van der Waals surface area contributed by atoms with Crippen LogP contribution in [0.15, 0.2) is 12.1 Å². The predicted octanol–water partition coefficient (Wildman–Crippen LogP) is 4.09. The van der Waals surface area contributed by atoms with Gasteiger partial charge in [0.05, 0.1) is 5.52 Å². The van der Waals surface area contributed by atoms with Crippen molar-refractivity contribution >= 4 is 10.9 Å². The van der Waals surface area contributed by atoms with Crippen molar-refractivity contribution in [1.29, 1.82) is 0 Å². The monoisotopic (exact) mass is 282 g/mol. The summed E-state index contributed by atoms with van der Waals surface area (Å²) in [6.07, 6.45) is 3.60. The van der Waals surface area contributed by atoms with Crippen molar-refractivity contribution < 1.29 is 0 Å². The number of rotatable bonds is 4. The van der Waals surface area contributed by atoms with E-state index in [-0.39, 0.29) is 0 Å². The molecule has 0 unspecified atom stereocenters. The maximum Gasteiger partial charge on any atom is 0.0738 e. The first kappa shape index (κ1) is 14.5. The van der Waals surface area contributed by atoms with Gasteiger partial charge in [0, 0.05) is 17.6 Å². The first-order valence-corrected chi connectivity index (χ1v) is 8.18. The molecule has 2 nitrogen and oxygen atoms in total. The van der Waals surface area contributed by atoms with Gasteiger partial charge < -0.3 is 5.32 Å². The summed E-state index contributed by atoms with van der Waals surface area (Å²) in [6.45, 7) is 10.9. The lowest BCUT2D eigenvalue weighted by Crippen LogP contribution is -2.20. The Morgan fingerprint density at radius 2 is 2.00 bits per heavy atom. The SMILES string of the molecule is Cc1cc(C)c2nc3c(c(CNCC(C)C)c2c1)CCC3. The average molecular weight is 282 g/mol. The molecule has 1 aliphatic carbocycles. The molecule has 2 aromatic rings. The van der Waals surface area contributed by atoms with Gasteiger partial charge in [-0.15, -0.1) is 0 Å². The number of nitrogens with zero attached hydrogens (tertiary/aromatic N) is 1. The van der Waals surface area contributed by atoms with Gasteiger partial charge >= 0.3 is 0 Å². The van der Waals surface area contributed by atoms with Crippen LogP contribution >= 0.6 is 0 Å². The molecule has 0 bridgehead atoms. The maximum atomic E-state index is 4.97. The first-order chi connectivity index (χ1) is 10.1. The molecular weight excluding hydrogens is 256 g/mol. The van der Waals surface area contributed by atoms with Crippen LogP contribution in [-0.4, -0.2) is 11.5 Å². The van der Waals surface area contributed by atoms with E-state index in [1.54, 1.807) is 0 Å². The summed E-state index contributed by atoms with van der Waals surface area (Å²) in [6, 6.07) is 4.57. The largest absolute Gasteiger partial charge is 0.312 e. The van der Waals surface area contributed by atoms with Crippen LogP contribution in [0, 0.1) is 19.8 Å². The molecule has 1 aromatic carbocycles. The van der Waals surface area contributed by atoms with Gasteiger partial charge in [-0.3, -0.25) is 4.98 Å². The lowest BCUT2D eigenvalue weighted by atomic mass is 9.97. The molecule has 0 aliphatic heterocycles. The Labute approximate surface area is 128 Å². The molecule has 0 fully saturated rings. The van der Waals surface area contributed by atoms with E-state index in [2.05, 4.69) is 45.1 Å². The number of aromatic nitrogens is 1. The fraction of sp³-hybridized carbons (Fsp3) is 0.526. The molecule has 2 heteroatoms. The highest BCUT2D eigenvalue weighted by Gasteiger charge is 2.20. The van der Waals surface area contributed by atoms with Gasteiger partial charge in [0.2, 0.25) is 0 Å². The fourth-order valence-electron chi connectivity index (χ4n) is 3.50. The van der Waals surface area contributed by atoms with Crippen molar-refractivity contribution in [3.8, 4) is 0 Å². The lowest BCUT2D eigenvalue weighted by Gasteiger charge is -2.16. The summed E-state index contributed by atoms with van der Waals surface area (Å²) in [4.78, 5) is 4.97. The molecule has 0 saturated carbocycles. The molecule has 1 N–H and O–H groups in total. The molecule has 0 amide bonds. The van der Waals surface area contributed by atoms with Crippen molar-refractivity contribution in [2.45, 2.75) is 53.5 Å². The number of aryl methyl sites for hydroxylation is 3. The minimum absolute atomic E-state index is 0.689. The number of pyridine rings is 1. The first-order valence-electron chi connectivity index (χ1n) is 8.18. The second-order valence-corrected chi connectivity index (χ2v) is 6.87. The smallest absolute Gasteiger partial charge is 0.0738 e. The minimum Gasteiger partial charge on any atom is -0.312 e. The second kappa shape index (κ2) is 5.76. The van der Waals surface area contributed by atoms with Crippen LogP contribution in [0.5, 0.6) is 0 Å². The summed E-state index contributed by atoms with van der Waals surface area (Å²) < 4.78 is 0. The Morgan fingerprint density at radius 3 is 2.76 bits per heavy atom. The molecule has 0 radical (unpaired) electrons. The average Bonchev–Trinajstić information content (AvgIpc) is 2.86. The molecular formula is C19H26N2. The van der Waals surface area contributed by atoms with Crippen LogP contribution in [0.1, 0.15) is 48.2 Å². The van der Waals surface area contributed by atoms with Gasteiger partial charge in [-0.1, -0.05) is 25.5 Å². The molecule has 1 aliphatic rings. The van der Waals surface area contributed by atoms with Crippen molar-refractivity contribution in [2.24, 2.45) is 5.92 Å². The van der Waals surface area contributed by atoms with Crippen LogP contribution in [0.2, 0.25) is 0 Å². The van der Waals surface area contributed by atoms with E-state index in [1.165, 1.54) is 51.7 Å². The summed E-state index contributed by atoms with van der Waals surface area (Å²) >= 11 is 0. The molecule has 112 valence electrons. The molecule has 0 saturated heterocycles. The van der Waals surface area contributed by atoms with Gasteiger partial charge in [0.25, 0.3) is 0 Å². The number of fused-ring (bicyclic) bond motifs is 2. The molecule has 1 aromatic heterocycles. The highest BCUT2D eigenvalue weighted by atomic mass is 14.9. The topological polar surface area (TPSA) is 24.9 Å². The van der Waals surface area contributed by atoms with E-state index in [4.69, 9.17) is 4.98 Å². The van der Waals surface area contributed by atoms with Crippen molar-refractivity contribution in [2.75, 3.05) is 6.54 Å². The van der Waals surface area contributed by atoms with Crippen molar-refractivity contribution in [1.82, 2.24) is 10.3 Å². The van der Waals surface area contributed by atoms with E-state index in [9.17, 15) is 0 Å². The summed E-state index contributed by atoms with van der Waals surface area (Å²) in [5.41, 5.74) is 8.22. The molecule has 0 atom stereocenters. The third kappa shape index (κ3) is 2.82. The van der Waals surface area contributed by atoms with Crippen molar-refractivity contribution in [3.63, 3.8) is 0 Å². The molecule has 1 heterocycles. The third-order valence-corrected chi connectivity index (χ3v) is 4.42. The van der Waals surface area contributed by atoms with Gasteiger partial charge in [0.15, 0.2) is 0 Å². The van der Waals surface area contributed by atoms with E-state index < -0.39 is 0 Å². The zero-order valence-corrected chi connectivity index (χ0v) is 13.7. The van der Waals surface area contributed by atoms with Gasteiger partial charge in [-0.25, -0.2) is 0 Å². The molecule has 3 rings (SSSR count). The quantitative estimate of drug-likeness (QED) is 0.913. The Bertz CT molecular complexity index is 671. The Kier molecular flexibility index (Phi) is 3.99. The van der Waals surface area contributed by atoms with Gasteiger partial charge in [-0.2, -0.15) is 0 Å². The van der Waals surface area contributed by atoms with E-state index in [0.717, 1.165) is 19.5 Å². The number of nitrogens with one attached hydrogen (secondary N) is 1. The van der Waals surface area contributed by atoms with Crippen LogP contribution in [0.4, 0.5) is 0 Å². The zero-order chi connectivity index (χ0) is 15.0. The Hall–Kier alpha value is -1.41. The Balaban J connectivity index is 2.10. The second-order valence-electron chi connectivity index (χ2n) is 6.87. The zero-order valence-electron chi connectivity index (χ0n) is 13.7. The minimum atomic E-state index is 0.689. The van der Waals surface area contributed by atoms with E-state index >= 15 is 0 Å².